The van der Waals surface area contributed by atoms with Crippen molar-refractivity contribution in [3.63, 3.8) is 0 Å². The van der Waals surface area contributed by atoms with E-state index in [1.165, 1.54) is 11.1 Å². The number of hydrogen-bond donors (Lipinski definition) is 2. The maximum absolute atomic E-state index is 13.7. The van der Waals surface area contributed by atoms with Crippen LogP contribution in [0.1, 0.15) is 57.2 Å². The van der Waals surface area contributed by atoms with E-state index in [0.29, 0.717) is 23.4 Å². The van der Waals surface area contributed by atoms with Gasteiger partial charge in [0.25, 0.3) is 0 Å². The number of imidazole rings is 1. The molecule has 3 aromatic rings. The molecule has 2 N–H and O–H groups in total. The monoisotopic (exact) mass is 516 g/mol. The number of carbonyl (C=O) groups is 1. The van der Waals surface area contributed by atoms with Crippen molar-refractivity contribution in [3.8, 4) is 0 Å². The number of H-pyrrole nitrogens is 1. The number of aromatic nitrogens is 4. The van der Waals surface area contributed by atoms with E-state index in [9.17, 15) is 9.90 Å². The van der Waals surface area contributed by atoms with Crippen molar-refractivity contribution in [2.45, 2.75) is 63.6 Å². The molecule has 0 bridgehead atoms. The number of carbonyl (C=O) groups excluding carboxylic acids is 1. The number of aromatic amines is 1. The number of aliphatic hydroxyl groups excluding tert-OH is 1. The highest BCUT2D eigenvalue weighted by Gasteiger charge is 2.62. The molecule has 7 unspecified atom stereocenters. The van der Waals surface area contributed by atoms with Crippen LogP contribution in [0.3, 0.4) is 0 Å². The van der Waals surface area contributed by atoms with Crippen molar-refractivity contribution < 1.29 is 9.90 Å². The van der Waals surface area contributed by atoms with Crippen LogP contribution < -0.4 is 0 Å². The molecule has 2 aromatic heterocycles. The third-order valence-corrected chi connectivity index (χ3v) is 11.8. The van der Waals surface area contributed by atoms with Crippen LogP contribution in [-0.2, 0) is 18.3 Å². The fourth-order valence-corrected chi connectivity index (χ4v) is 10.0. The number of hydrogen-bond acceptors (Lipinski definition) is 5. The lowest BCUT2D eigenvalue weighted by molar-refractivity contribution is -0.140. The summed E-state index contributed by atoms with van der Waals surface area (Å²) in [6.45, 7) is 4.69. The fourth-order valence-electron chi connectivity index (χ4n) is 9.12. The van der Waals surface area contributed by atoms with Gasteiger partial charge in [0.1, 0.15) is 5.78 Å². The Morgan fingerprint density at radius 1 is 1.24 bits per heavy atom. The highest BCUT2D eigenvalue weighted by Crippen LogP contribution is 2.66. The van der Waals surface area contributed by atoms with E-state index in [4.69, 9.17) is 4.98 Å². The molecule has 1 aromatic carbocycles. The Bertz CT molecular complexity index is 1420. The third-order valence-electron chi connectivity index (χ3n) is 10.8. The molecule has 0 aliphatic heterocycles. The minimum Gasteiger partial charge on any atom is -0.393 e. The summed E-state index contributed by atoms with van der Waals surface area (Å²) in [4.78, 5) is 18.5. The lowest BCUT2D eigenvalue weighted by Gasteiger charge is -2.59. The summed E-state index contributed by atoms with van der Waals surface area (Å²) in [7, 11) is 2.02. The van der Waals surface area contributed by atoms with Crippen LogP contribution >= 0.6 is 11.8 Å². The van der Waals surface area contributed by atoms with E-state index in [1.54, 1.807) is 11.8 Å². The molecule has 4 aliphatic rings. The van der Waals surface area contributed by atoms with E-state index in [2.05, 4.69) is 40.8 Å². The molecule has 7 rings (SSSR count). The van der Waals surface area contributed by atoms with Gasteiger partial charge in [-0.3, -0.25) is 9.89 Å². The van der Waals surface area contributed by atoms with E-state index >= 15 is 0 Å². The first-order chi connectivity index (χ1) is 17.8. The molecular weight excluding hydrogens is 480 g/mol. The number of nitrogens with one attached hydrogen (secondary N) is 1. The van der Waals surface area contributed by atoms with Crippen molar-refractivity contribution >= 4 is 34.7 Å². The van der Waals surface area contributed by atoms with Crippen LogP contribution in [0, 0.1) is 34.5 Å². The minimum atomic E-state index is -0.380. The van der Waals surface area contributed by atoms with Crippen LogP contribution in [-0.4, -0.2) is 42.5 Å². The summed E-state index contributed by atoms with van der Waals surface area (Å²) in [5.74, 6) is 2.01. The average Bonchev–Trinajstić information content (AvgIpc) is 3.55. The number of aryl methyl sites for hydroxylation is 1. The molecular formula is C30H36N4O2S. The van der Waals surface area contributed by atoms with Gasteiger partial charge in [-0.15, -0.1) is 0 Å². The maximum atomic E-state index is 13.7. The molecule has 0 amide bonds. The molecule has 4 aliphatic carbocycles. The van der Waals surface area contributed by atoms with Crippen molar-refractivity contribution in [1.82, 2.24) is 19.7 Å². The Labute approximate surface area is 222 Å². The Kier molecular flexibility index (Phi) is 5.33. The standard InChI is InChI=1S/C30H36N4O2S/c1-29-13-17-15-31-33-23(17)12-18(29)8-9-19-20-10-11-21(30(20,2)14-25(35)27(19)29)26(36)16-37-28-32-22-6-4-5-7-24(22)34(28)3/h4-7,12,15,19-21,25,27,35H,8-11,13-14,16H2,1-3H3,(H,31,33). The summed E-state index contributed by atoms with van der Waals surface area (Å²) in [6.07, 6.45) is 9.81. The largest absolute Gasteiger partial charge is 0.393 e. The number of fused-ring (bicyclic) bond motifs is 7. The van der Waals surface area contributed by atoms with Gasteiger partial charge in [-0.2, -0.15) is 5.10 Å². The fraction of sp³-hybridized carbons (Fsp3) is 0.567. The molecule has 194 valence electrons. The number of benzene rings is 1. The lowest BCUT2D eigenvalue weighted by Crippen LogP contribution is -2.57. The predicted molar refractivity (Wildman–Crippen MR) is 146 cm³/mol. The van der Waals surface area contributed by atoms with Gasteiger partial charge in [0.15, 0.2) is 5.16 Å². The number of rotatable bonds is 4. The first kappa shape index (κ1) is 23.7. The van der Waals surface area contributed by atoms with E-state index in [0.717, 1.165) is 60.4 Å². The predicted octanol–water partition coefficient (Wildman–Crippen LogP) is 5.43. The lowest BCUT2D eigenvalue weighted by atomic mass is 9.46. The van der Waals surface area contributed by atoms with Crippen LogP contribution in [0.4, 0.5) is 0 Å². The topological polar surface area (TPSA) is 83.8 Å². The Morgan fingerprint density at radius 2 is 2.08 bits per heavy atom. The zero-order valence-electron chi connectivity index (χ0n) is 21.9. The Morgan fingerprint density at radius 3 is 2.92 bits per heavy atom. The van der Waals surface area contributed by atoms with Crippen LogP contribution in [0.25, 0.3) is 17.1 Å². The van der Waals surface area contributed by atoms with Gasteiger partial charge in [-0.25, -0.2) is 4.98 Å². The van der Waals surface area contributed by atoms with Crippen molar-refractivity contribution in [1.29, 1.82) is 0 Å². The van der Waals surface area contributed by atoms with E-state index < -0.39 is 0 Å². The van der Waals surface area contributed by atoms with Crippen molar-refractivity contribution in [2.24, 2.45) is 41.5 Å². The summed E-state index contributed by atoms with van der Waals surface area (Å²) >= 11 is 1.56. The summed E-state index contributed by atoms with van der Waals surface area (Å²) in [6, 6.07) is 8.12. The molecule has 3 saturated carbocycles. The number of para-hydroxylation sites is 2. The normalized spacial score (nSPS) is 36.4. The van der Waals surface area contributed by atoms with Crippen LogP contribution in [0.2, 0.25) is 0 Å². The van der Waals surface area contributed by atoms with Crippen molar-refractivity contribution in [3.05, 3.63) is 47.3 Å². The van der Waals surface area contributed by atoms with E-state index in [1.807, 2.05) is 31.4 Å². The molecule has 7 atom stereocenters. The second kappa shape index (κ2) is 8.31. The van der Waals surface area contributed by atoms with E-state index in [-0.39, 0.29) is 28.8 Å². The Balaban J connectivity index is 1.12. The molecule has 3 fully saturated rings. The van der Waals surface area contributed by atoms with Gasteiger partial charge in [-0.1, -0.05) is 43.3 Å². The van der Waals surface area contributed by atoms with Crippen LogP contribution in [0.15, 0.2) is 41.2 Å². The highest BCUT2D eigenvalue weighted by molar-refractivity contribution is 7.99. The number of Topliss-reactive ketones (excluding diaryl/α,β-unsaturated/α-hetero) is 1. The molecule has 6 nitrogen and oxygen atoms in total. The van der Waals surface area contributed by atoms with Crippen LogP contribution in [0.5, 0.6) is 0 Å². The molecule has 2 heterocycles. The minimum absolute atomic E-state index is 0.0202. The number of nitrogens with zero attached hydrogens (tertiary/aromatic N) is 3. The smallest absolute Gasteiger partial charge is 0.169 e. The molecule has 0 radical (unpaired) electrons. The van der Waals surface area contributed by atoms with Gasteiger partial charge in [0, 0.05) is 13.0 Å². The molecule has 7 heteroatoms. The second-order valence-corrected chi connectivity index (χ2v) is 13.5. The van der Waals surface area contributed by atoms with Gasteiger partial charge in [-0.05, 0) is 90.9 Å². The number of thioether (sulfide) groups is 1. The summed E-state index contributed by atoms with van der Waals surface area (Å²) in [5, 5.41) is 20.1. The summed E-state index contributed by atoms with van der Waals surface area (Å²) < 4.78 is 2.09. The van der Waals surface area contributed by atoms with Gasteiger partial charge < -0.3 is 9.67 Å². The first-order valence-corrected chi connectivity index (χ1v) is 14.8. The van der Waals surface area contributed by atoms with Gasteiger partial charge >= 0.3 is 0 Å². The first-order valence-electron chi connectivity index (χ1n) is 13.8. The maximum Gasteiger partial charge on any atom is 0.169 e. The summed E-state index contributed by atoms with van der Waals surface area (Å²) in [5.41, 5.74) is 5.79. The third kappa shape index (κ3) is 3.39. The second-order valence-electron chi connectivity index (χ2n) is 12.5. The SMILES string of the molecule is Cn1c(SCC(=O)C2CCC3C4CCC5=Cc6[nH]ncc6CC5(C)C4C(O)CC23C)nc2ccccc21. The molecule has 0 spiro atoms. The molecule has 0 saturated heterocycles. The zero-order chi connectivity index (χ0) is 25.5. The highest BCUT2D eigenvalue weighted by atomic mass is 32.2. The quantitative estimate of drug-likeness (QED) is 0.452. The van der Waals surface area contributed by atoms with Gasteiger partial charge in [0.05, 0.1) is 34.8 Å². The number of aliphatic hydroxyl groups is 1. The van der Waals surface area contributed by atoms with Crippen molar-refractivity contribution in [2.75, 3.05) is 5.75 Å². The number of ketones is 1. The molecule has 37 heavy (non-hydrogen) atoms. The average molecular weight is 517 g/mol. The van der Waals surface area contributed by atoms with Gasteiger partial charge in [0.2, 0.25) is 0 Å². The zero-order valence-corrected chi connectivity index (χ0v) is 22.7. The Hall–Kier alpha value is -2.38. The number of allylic oxidation sites excluding steroid dienone is 1.